The van der Waals surface area contributed by atoms with Crippen LogP contribution in [0.2, 0.25) is 0 Å². The van der Waals surface area contributed by atoms with Crippen molar-refractivity contribution in [2.75, 3.05) is 19.8 Å². The number of ether oxygens (including phenoxy) is 3. The molecule has 0 aromatic heterocycles. The van der Waals surface area contributed by atoms with E-state index in [4.69, 9.17) is 24.4 Å². The van der Waals surface area contributed by atoms with Gasteiger partial charge in [-0.1, -0.05) is 0 Å². The van der Waals surface area contributed by atoms with Gasteiger partial charge in [-0.2, -0.15) is 0 Å². The first-order valence-electron chi connectivity index (χ1n) is 7.05. The zero-order valence-corrected chi connectivity index (χ0v) is 12.0. The van der Waals surface area contributed by atoms with Crippen LogP contribution in [0.3, 0.4) is 0 Å². The van der Waals surface area contributed by atoms with Gasteiger partial charge in [-0.25, -0.2) is 0 Å². The molecule has 2 rings (SSSR count). The molecular weight excluding hydrogens is 400 g/mol. The van der Waals surface area contributed by atoms with Crippen LogP contribution in [-0.2, 0) is 14.2 Å². The Morgan fingerprint density at radius 2 is 1.32 bits per heavy atom. The summed E-state index contributed by atoms with van der Waals surface area (Å²) < 4.78 is 15.4. The van der Waals surface area contributed by atoms with E-state index in [9.17, 15) is 30.6 Å². The second kappa shape index (κ2) is 11.3. The molecule has 13 heteroatoms. The van der Waals surface area contributed by atoms with E-state index in [-0.39, 0.29) is 75.5 Å². The summed E-state index contributed by atoms with van der Waals surface area (Å²) in [5.74, 6) is -2.22. The maximum atomic E-state index is 10.00. The fourth-order valence-electron chi connectivity index (χ4n) is 2.63. The molecule has 9 atom stereocenters. The number of aliphatic hydroxyl groups excluding tert-OH is 8. The van der Waals surface area contributed by atoms with Gasteiger partial charge in [-0.05, 0) is 0 Å². The molecular formula is C12H26Ca2O11. The molecule has 11 nitrogen and oxygen atoms in total. The van der Waals surface area contributed by atoms with Gasteiger partial charge < -0.3 is 55.1 Å². The zero-order chi connectivity index (χ0) is 17.4. The second-order valence-electron chi connectivity index (χ2n) is 5.56. The summed E-state index contributed by atoms with van der Waals surface area (Å²) in [5.41, 5.74) is 0. The van der Waals surface area contributed by atoms with E-state index in [0.717, 1.165) is 0 Å². The van der Waals surface area contributed by atoms with Gasteiger partial charge in [0.1, 0.15) is 49.3 Å². The van der Waals surface area contributed by atoms with Gasteiger partial charge in [0.25, 0.3) is 0 Å². The average Bonchev–Trinajstić information content (AvgIpc) is 2.80. The van der Waals surface area contributed by atoms with Crippen LogP contribution in [0.25, 0.3) is 0 Å². The summed E-state index contributed by atoms with van der Waals surface area (Å²) >= 11 is 0. The molecule has 8 N–H and O–H groups in total. The molecule has 25 heavy (non-hydrogen) atoms. The maximum absolute atomic E-state index is 10.00. The van der Waals surface area contributed by atoms with Gasteiger partial charge in [-0.3, -0.25) is 0 Å². The molecule has 2 aliphatic rings. The van der Waals surface area contributed by atoms with Crippen LogP contribution in [0.4, 0.5) is 0 Å². The number of aliphatic hydroxyl groups is 8. The van der Waals surface area contributed by atoms with Crippen LogP contribution in [0.1, 0.15) is 0 Å². The molecule has 0 amide bonds. The van der Waals surface area contributed by atoms with Crippen LogP contribution in [0, 0.1) is 0 Å². The van der Waals surface area contributed by atoms with E-state index in [0.29, 0.717) is 0 Å². The van der Waals surface area contributed by atoms with E-state index < -0.39 is 74.6 Å². The fourth-order valence-corrected chi connectivity index (χ4v) is 2.63. The molecule has 0 unspecified atom stereocenters. The summed E-state index contributed by atoms with van der Waals surface area (Å²) in [4.78, 5) is 0. The first-order valence-corrected chi connectivity index (χ1v) is 7.05. The third kappa shape index (κ3) is 5.37. The van der Waals surface area contributed by atoms with Crippen LogP contribution in [-0.4, -0.2) is 191 Å². The average molecular weight is 426 g/mol. The minimum atomic E-state index is -2.22. The third-order valence-electron chi connectivity index (χ3n) is 4.07. The standard InChI is InChI=1S/C12H22O11.2Ca.4H/c13-1-4-6(16)8(18)9(19)11(21-4)23-12(3-15)10(20)7(17)5(2-14)22-12;;;;;;/h4-11,13-20H,1-3H2;;;;;;/t4-,5-,6-,7-,8+,9-,10+,11-,12+;;;;;;/m1....../s1. The SMILES string of the molecule is OC[C@H]1O[C@@](CO)(O[C@H]2O[C@H](CO)[C@@H](O)[C@H](O)[C@H]2O)[C@@H](O)[C@@H]1O.[CaH2].[CaH2]. The predicted molar refractivity (Wildman–Crippen MR) is 85.7 cm³/mol. The third-order valence-corrected chi connectivity index (χ3v) is 4.07. The molecule has 0 saturated carbocycles. The van der Waals surface area contributed by atoms with Gasteiger partial charge in [0.2, 0.25) is 5.79 Å². The molecule has 0 radical (unpaired) electrons. The molecule has 0 bridgehead atoms. The van der Waals surface area contributed by atoms with Crippen LogP contribution in [0.5, 0.6) is 0 Å². The van der Waals surface area contributed by atoms with Gasteiger partial charge in [-0.15, -0.1) is 0 Å². The Morgan fingerprint density at radius 1 is 0.760 bits per heavy atom. The summed E-state index contributed by atoms with van der Waals surface area (Å²) in [7, 11) is 0. The van der Waals surface area contributed by atoms with E-state index in [1.807, 2.05) is 0 Å². The van der Waals surface area contributed by atoms with E-state index in [1.165, 1.54) is 0 Å². The number of rotatable bonds is 5. The van der Waals surface area contributed by atoms with Gasteiger partial charge in [0.15, 0.2) is 6.29 Å². The van der Waals surface area contributed by atoms with Crippen molar-refractivity contribution >= 4 is 75.5 Å². The second-order valence-corrected chi connectivity index (χ2v) is 5.56. The van der Waals surface area contributed by atoms with Crippen molar-refractivity contribution in [2.24, 2.45) is 0 Å². The topological polar surface area (TPSA) is 190 Å². The molecule has 0 aliphatic carbocycles. The summed E-state index contributed by atoms with van der Waals surface area (Å²) in [5, 5.41) is 76.7. The predicted octanol–water partition coefficient (Wildman–Crippen LogP) is -7.23. The van der Waals surface area contributed by atoms with Crippen LogP contribution < -0.4 is 0 Å². The first-order chi connectivity index (χ1) is 10.8. The summed E-state index contributed by atoms with van der Waals surface area (Å²) in [6, 6.07) is 0. The van der Waals surface area contributed by atoms with Gasteiger partial charge >= 0.3 is 75.5 Å². The minimum absolute atomic E-state index is 0. The molecule has 0 aromatic carbocycles. The van der Waals surface area contributed by atoms with E-state index in [2.05, 4.69) is 0 Å². The quantitative estimate of drug-likeness (QED) is 0.195. The first kappa shape index (κ1) is 27.1. The Morgan fingerprint density at radius 3 is 1.76 bits per heavy atom. The molecule has 0 spiro atoms. The van der Waals surface area contributed by atoms with Crippen molar-refractivity contribution in [3.8, 4) is 0 Å². The Labute approximate surface area is 203 Å². The van der Waals surface area contributed by atoms with Gasteiger partial charge in [0, 0.05) is 0 Å². The normalized spacial score (nSPS) is 47.0. The molecule has 2 heterocycles. The van der Waals surface area contributed by atoms with Crippen molar-refractivity contribution in [3.05, 3.63) is 0 Å². The number of hydrogen-bond donors (Lipinski definition) is 8. The van der Waals surface area contributed by atoms with Crippen molar-refractivity contribution in [1.82, 2.24) is 0 Å². The van der Waals surface area contributed by atoms with Crippen LogP contribution >= 0.6 is 0 Å². The monoisotopic (exact) mass is 426 g/mol. The Kier molecular flexibility index (Phi) is 12.3. The van der Waals surface area contributed by atoms with Crippen LogP contribution in [0.15, 0.2) is 0 Å². The van der Waals surface area contributed by atoms with Gasteiger partial charge in [0.05, 0.1) is 13.2 Å². The molecule has 2 saturated heterocycles. The molecule has 144 valence electrons. The van der Waals surface area contributed by atoms with Crippen molar-refractivity contribution in [2.45, 2.75) is 54.8 Å². The van der Waals surface area contributed by atoms with Crippen molar-refractivity contribution < 1.29 is 55.1 Å². The Balaban J connectivity index is 0.00000288. The molecule has 0 aromatic rings. The number of hydrogen-bond acceptors (Lipinski definition) is 11. The zero-order valence-electron chi connectivity index (χ0n) is 12.0. The van der Waals surface area contributed by atoms with E-state index in [1.54, 1.807) is 0 Å². The summed E-state index contributed by atoms with van der Waals surface area (Å²) in [6.07, 6.45) is -12.7. The molecule has 2 aliphatic heterocycles. The van der Waals surface area contributed by atoms with E-state index >= 15 is 0 Å². The fraction of sp³-hybridized carbons (Fsp3) is 1.00. The Bertz CT molecular complexity index is 403. The Hall–Kier alpha value is 2.08. The van der Waals surface area contributed by atoms with Crippen molar-refractivity contribution in [3.63, 3.8) is 0 Å². The summed E-state index contributed by atoms with van der Waals surface area (Å²) in [6.45, 7) is -2.32. The van der Waals surface area contributed by atoms with Crippen molar-refractivity contribution in [1.29, 1.82) is 0 Å². The molecule has 2 fully saturated rings.